The number of hydrogen-bond donors (Lipinski definition) is 1. The summed E-state index contributed by atoms with van der Waals surface area (Å²) in [7, 11) is 0. The minimum atomic E-state index is 0.0531. The highest BCUT2D eigenvalue weighted by Crippen LogP contribution is 2.29. The molecule has 0 fully saturated rings. The summed E-state index contributed by atoms with van der Waals surface area (Å²) in [6, 6.07) is 8.53. The van der Waals surface area contributed by atoms with E-state index in [1.807, 2.05) is 17.6 Å². The van der Waals surface area contributed by atoms with E-state index in [9.17, 15) is 4.79 Å². The summed E-state index contributed by atoms with van der Waals surface area (Å²) in [5.41, 5.74) is 2.63. The summed E-state index contributed by atoms with van der Waals surface area (Å²) in [6.07, 6.45) is 4.94. The maximum Gasteiger partial charge on any atom is 0.230 e. The maximum absolute atomic E-state index is 12.2. The van der Waals surface area contributed by atoms with E-state index in [1.165, 1.54) is 22.9 Å². The molecule has 1 aromatic heterocycles. The van der Waals surface area contributed by atoms with E-state index in [0.29, 0.717) is 5.75 Å². The molecule has 5 nitrogen and oxygen atoms in total. The number of rotatable bonds is 5. The Kier molecular flexibility index (Phi) is 4.77. The molecule has 1 amide bonds. The zero-order chi connectivity index (χ0) is 15.4. The first-order chi connectivity index (χ1) is 10.8. The second-order valence-corrected chi connectivity index (χ2v) is 6.34. The van der Waals surface area contributed by atoms with Crippen LogP contribution in [0.2, 0.25) is 0 Å². The van der Waals surface area contributed by atoms with Crippen LogP contribution < -0.4 is 5.32 Å². The van der Waals surface area contributed by atoms with Gasteiger partial charge in [0.25, 0.3) is 0 Å². The Labute approximate surface area is 134 Å². The molecule has 3 rings (SSSR count). The quantitative estimate of drug-likeness (QED) is 0.861. The summed E-state index contributed by atoms with van der Waals surface area (Å²) in [5.74, 6) is 0.425. The van der Waals surface area contributed by atoms with Crippen LogP contribution in [-0.2, 0) is 17.8 Å². The zero-order valence-corrected chi connectivity index (χ0v) is 13.5. The Morgan fingerprint density at radius 3 is 3.18 bits per heavy atom. The molecule has 1 aliphatic rings. The monoisotopic (exact) mass is 316 g/mol. The van der Waals surface area contributed by atoms with Crippen LogP contribution in [0.25, 0.3) is 0 Å². The molecule has 116 valence electrons. The van der Waals surface area contributed by atoms with Crippen LogP contribution >= 0.6 is 11.8 Å². The van der Waals surface area contributed by atoms with E-state index >= 15 is 0 Å². The second-order valence-electron chi connectivity index (χ2n) is 5.40. The first-order valence-corrected chi connectivity index (χ1v) is 8.64. The Morgan fingerprint density at radius 2 is 2.32 bits per heavy atom. The molecule has 1 N–H and O–H groups in total. The second kappa shape index (κ2) is 6.96. The van der Waals surface area contributed by atoms with Crippen LogP contribution in [0, 0.1) is 0 Å². The number of carbonyl (C=O) groups excluding carboxylic acids is 1. The lowest BCUT2D eigenvalue weighted by Gasteiger charge is -2.26. The number of amides is 1. The molecular weight excluding hydrogens is 296 g/mol. The van der Waals surface area contributed by atoms with E-state index in [2.05, 4.69) is 33.7 Å². The highest BCUT2D eigenvalue weighted by Gasteiger charge is 2.21. The summed E-state index contributed by atoms with van der Waals surface area (Å²) in [4.78, 5) is 12.2. The minimum absolute atomic E-state index is 0.0531. The van der Waals surface area contributed by atoms with Crippen molar-refractivity contribution in [1.29, 1.82) is 0 Å². The molecule has 0 bridgehead atoms. The largest absolute Gasteiger partial charge is 0.349 e. The molecular formula is C16H20N4OS. The Hall–Kier alpha value is -1.82. The lowest BCUT2D eigenvalue weighted by atomic mass is 9.88. The van der Waals surface area contributed by atoms with Crippen LogP contribution in [0.3, 0.4) is 0 Å². The first-order valence-electron chi connectivity index (χ1n) is 7.65. The standard InChI is InChI=1S/C16H20N4OS/c1-2-20-11-17-19-16(20)22-10-15(21)18-14-9-5-7-12-6-3-4-8-13(12)14/h3-4,6,8,11,14H,2,5,7,9-10H2,1H3,(H,18,21)/t14-/m1/s1. The predicted molar refractivity (Wildman–Crippen MR) is 86.7 cm³/mol. The number of benzene rings is 1. The molecule has 0 radical (unpaired) electrons. The zero-order valence-electron chi connectivity index (χ0n) is 12.7. The number of thioether (sulfide) groups is 1. The Bertz CT molecular complexity index is 655. The number of aryl methyl sites for hydroxylation is 2. The van der Waals surface area contributed by atoms with Crippen LogP contribution in [0.5, 0.6) is 0 Å². The summed E-state index contributed by atoms with van der Waals surface area (Å²) in [5, 5.41) is 11.9. The van der Waals surface area contributed by atoms with Crippen LogP contribution in [-0.4, -0.2) is 26.4 Å². The van der Waals surface area contributed by atoms with Crippen molar-refractivity contribution < 1.29 is 4.79 Å². The third-order valence-corrected chi connectivity index (χ3v) is 4.94. The molecule has 0 saturated heterocycles. The van der Waals surface area contributed by atoms with Gasteiger partial charge < -0.3 is 9.88 Å². The first kappa shape index (κ1) is 15.1. The summed E-state index contributed by atoms with van der Waals surface area (Å²) < 4.78 is 1.94. The van der Waals surface area contributed by atoms with Crippen molar-refractivity contribution in [1.82, 2.24) is 20.1 Å². The van der Waals surface area contributed by atoms with Crippen molar-refractivity contribution in [3.05, 3.63) is 41.7 Å². The van der Waals surface area contributed by atoms with Crippen molar-refractivity contribution in [2.75, 3.05) is 5.75 Å². The number of aromatic nitrogens is 3. The molecule has 1 heterocycles. The van der Waals surface area contributed by atoms with Gasteiger partial charge in [0.2, 0.25) is 5.91 Å². The van der Waals surface area contributed by atoms with E-state index < -0.39 is 0 Å². The molecule has 1 atom stereocenters. The van der Waals surface area contributed by atoms with Gasteiger partial charge in [-0.25, -0.2) is 0 Å². The van der Waals surface area contributed by atoms with Gasteiger partial charge in [-0.2, -0.15) is 0 Å². The van der Waals surface area contributed by atoms with Crippen molar-refractivity contribution in [3.63, 3.8) is 0 Å². The molecule has 0 spiro atoms. The molecule has 0 unspecified atom stereocenters. The highest BCUT2D eigenvalue weighted by atomic mass is 32.2. The molecule has 6 heteroatoms. The van der Waals surface area contributed by atoms with Gasteiger partial charge in [-0.1, -0.05) is 36.0 Å². The lowest BCUT2D eigenvalue weighted by molar-refractivity contribution is -0.119. The lowest BCUT2D eigenvalue weighted by Crippen LogP contribution is -2.32. The fourth-order valence-electron chi connectivity index (χ4n) is 2.84. The number of carbonyl (C=O) groups is 1. The van der Waals surface area contributed by atoms with E-state index in [0.717, 1.165) is 31.0 Å². The van der Waals surface area contributed by atoms with E-state index in [1.54, 1.807) is 6.33 Å². The van der Waals surface area contributed by atoms with Gasteiger partial charge in [0.05, 0.1) is 11.8 Å². The summed E-state index contributed by atoms with van der Waals surface area (Å²) in [6.45, 7) is 2.85. The fraction of sp³-hybridized carbons (Fsp3) is 0.438. The van der Waals surface area contributed by atoms with Crippen molar-refractivity contribution in [2.45, 2.75) is 43.9 Å². The maximum atomic E-state index is 12.2. The Morgan fingerprint density at radius 1 is 1.45 bits per heavy atom. The van der Waals surface area contributed by atoms with Crippen LogP contribution in [0.15, 0.2) is 35.7 Å². The molecule has 0 aliphatic heterocycles. The van der Waals surface area contributed by atoms with E-state index in [-0.39, 0.29) is 11.9 Å². The van der Waals surface area contributed by atoms with E-state index in [4.69, 9.17) is 0 Å². The van der Waals surface area contributed by atoms with Gasteiger partial charge in [-0.15, -0.1) is 10.2 Å². The van der Waals surface area contributed by atoms with Gasteiger partial charge in [0, 0.05) is 6.54 Å². The van der Waals surface area contributed by atoms with Crippen molar-refractivity contribution >= 4 is 17.7 Å². The predicted octanol–water partition coefficient (Wildman–Crippen LogP) is 2.58. The average Bonchev–Trinajstić information content (AvgIpc) is 3.01. The highest BCUT2D eigenvalue weighted by molar-refractivity contribution is 7.99. The van der Waals surface area contributed by atoms with Gasteiger partial charge in [-0.05, 0) is 37.3 Å². The van der Waals surface area contributed by atoms with Gasteiger partial charge in [-0.3, -0.25) is 4.79 Å². The SMILES string of the molecule is CCn1cnnc1SCC(=O)N[C@@H]1CCCc2ccccc21. The Balaban J connectivity index is 1.59. The molecule has 1 aromatic carbocycles. The van der Waals surface area contributed by atoms with Gasteiger partial charge in [0.1, 0.15) is 6.33 Å². The van der Waals surface area contributed by atoms with Gasteiger partial charge >= 0.3 is 0 Å². The fourth-order valence-corrected chi connectivity index (χ4v) is 3.63. The third-order valence-electron chi connectivity index (χ3n) is 3.96. The molecule has 0 saturated carbocycles. The molecule has 22 heavy (non-hydrogen) atoms. The molecule has 1 aliphatic carbocycles. The number of nitrogens with zero attached hydrogens (tertiary/aromatic N) is 3. The summed E-state index contributed by atoms with van der Waals surface area (Å²) >= 11 is 1.43. The van der Waals surface area contributed by atoms with Crippen molar-refractivity contribution in [3.8, 4) is 0 Å². The van der Waals surface area contributed by atoms with Gasteiger partial charge in [0.15, 0.2) is 5.16 Å². The number of hydrogen-bond acceptors (Lipinski definition) is 4. The topological polar surface area (TPSA) is 59.8 Å². The minimum Gasteiger partial charge on any atom is -0.349 e. The van der Waals surface area contributed by atoms with Crippen LogP contribution in [0.4, 0.5) is 0 Å². The van der Waals surface area contributed by atoms with Crippen LogP contribution in [0.1, 0.15) is 36.9 Å². The normalized spacial score (nSPS) is 17.0. The average molecular weight is 316 g/mol. The number of fused-ring (bicyclic) bond motifs is 1. The number of nitrogens with one attached hydrogen (secondary N) is 1. The third kappa shape index (κ3) is 3.32. The van der Waals surface area contributed by atoms with Crippen molar-refractivity contribution in [2.24, 2.45) is 0 Å². The molecule has 2 aromatic rings. The smallest absolute Gasteiger partial charge is 0.230 e.